The molecule has 28 heavy (non-hydrogen) atoms. The molecule has 0 radical (unpaired) electrons. The molecule has 0 saturated carbocycles. The van der Waals surface area contributed by atoms with E-state index in [1.165, 1.54) is 4.90 Å². The lowest BCUT2D eigenvalue weighted by molar-refractivity contribution is -0.124. The Morgan fingerprint density at radius 2 is 1.89 bits per heavy atom. The zero-order valence-corrected chi connectivity index (χ0v) is 16.8. The number of nitrogens with one attached hydrogen (secondary N) is 2. The van der Waals surface area contributed by atoms with Gasteiger partial charge in [0, 0.05) is 22.2 Å². The molecule has 2 aromatic carbocycles. The van der Waals surface area contributed by atoms with Crippen LogP contribution in [0.25, 0.3) is 0 Å². The van der Waals surface area contributed by atoms with E-state index in [0.29, 0.717) is 28.6 Å². The van der Waals surface area contributed by atoms with Crippen LogP contribution >= 0.6 is 23.4 Å². The molecule has 2 N–H and O–H groups in total. The van der Waals surface area contributed by atoms with Crippen LogP contribution in [0, 0.1) is 0 Å². The number of halogens is 1. The monoisotopic (exact) mass is 417 g/mol. The normalized spacial score (nSPS) is 16.2. The first kappa shape index (κ1) is 20.2. The van der Waals surface area contributed by atoms with Gasteiger partial charge in [0.2, 0.25) is 11.8 Å². The van der Waals surface area contributed by atoms with Crippen molar-refractivity contribution in [1.82, 2.24) is 10.6 Å². The Morgan fingerprint density at radius 3 is 2.64 bits per heavy atom. The number of fused-ring (bicyclic) bond motifs is 1. The molecular weight excluding hydrogens is 398 g/mol. The predicted octanol–water partition coefficient (Wildman–Crippen LogP) is 2.71. The first-order chi connectivity index (χ1) is 13.5. The maximum absolute atomic E-state index is 12.6. The molecule has 6 nitrogen and oxygen atoms in total. The van der Waals surface area contributed by atoms with E-state index < -0.39 is 6.04 Å². The van der Waals surface area contributed by atoms with Gasteiger partial charge in [-0.1, -0.05) is 23.7 Å². The molecule has 146 valence electrons. The molecule has 1 aliphatic rings. The quantitative estimate of drug-likeness (QED) is 0.559. The van der Waals surface area contributed by atoms with E-state index in [-0.39, 0.29) is 24.3 Å². The van der Waals surface area contributed by atoms with E-state index in [1.807, 2.05) is 24.3 Å². The number of rotatable bonds is 6. The summed E-state index contributed by atoms with van der Waals surface area (Å²) in [5.74, 6) is -0.224. The van der Waals surface area contributed by atoms with Gasteiger partial charge in [0.1, 0.15) is 12.6 Å². The maximum Gasteiger partial charge on any atom is 0.254 e. The van der Waals surface area contributed by atoms with E-state index in [0.717, 1.165) is 4.90 Å². The minimum Gasteiger partial charge on any atom is -0.354 e. The van der Waals surface area contributed by atoms with Crippen molar-refractivity contribution < 1.29 is 14.4 Å². The summed E-state index contributed by atoms with van der Waals surface area (Å²) in [6.07, 6.45) is 0. The third kappa shape index (κ3) is 4.85. The van der Waals surface area contributed by atoms with Gasteiger partial charge < -0.3 is 15.5 Å². The molecule has 0 bridgehead atoms. The van der Waals surface area contributed by atoms with Crippen LogP contribution in [0.1, 0.15) is 17.3 Å². The number of thioether (sulfide) groups is 1. The minimum atomic E-state index is -0.701. The second kappa shape index (κ2) is 9.12. The number of carbonyl (C=O) groups is 3. The highest BCUT2D eigenvalue weighted by Crippen LogP contribution is 2.24. The molecule has 1 atom stereocenters. The Hall–Kier alpha value is -2.51. The summed E-state index contributed by atoms with van der Waals surface area (Å²) in [6, 6.07) is 13.6. The maximum atomic E-state index is 12.6. The molecule has 1 heterocycles. The molecular formula is C20H20ClN3O3S. The van der Waals surface area contributed by atoms with Crippen molar-refractivity contribution in [3.63, 3.8) is 0 Å². The molecule has 0 spiro atoms. The van der Waals surface area contributed by atoms with Crippen molar-refractivity contribution >= 4 is 46.8 Å². The lowest BCUT2D eigenvalue weighted by Gasteiger charge is -2.23. The fraction of sp³-hybridized carbons (Fsp3) is 0.250. The Bertz CT molecular complexity index is 889. The topological polar surface area (TPSA) is 78.5 Å². The zero-order chi connectivity index (χ0) is 20.1. The second-order valence-electron chi connectivity index (χ2n) is 6.29. The van der Waals surface area contributed by atoms with Crippen LogP contribution in [0.5, 0.6) is 0 Å². The lowest BCUT2D eigenvalue weighted by Crippen LogP contribution is -2.47. The average Bonchev–Trinajstić information content (AvgIpc) is 2.77. The number of amides is 3. The Kier molecular flexibility index (Phi) is 6.59. The Labute approximate surface area is 172 Å². The number of para-hydroxylation sites is 1. The van der Waals surface area contributed by atoms with Crippen molar-refractivity contribution in [1.29, 1.82) is 0 Å². The first-order valence-corrected chi connectivity index (χ1v) is 10.2. The van der Waals surface area contributed by atoms with Gasteiger partial charge in [-0.05, 0) is 43.3 Å². The van der Waals surface area contributed by atoms with Crippen molar-refractivity contribution in [2.45, 2.75) is 17.9 Å². The number of nitrogens with zero attached hydrogens (tertiary/aromatic N) is 1. The smallest absolute Gasteiger partial charge is 0.254 e. The predicted molar refractivity (Wildman–Crippen MR) is 111 cm³/mol. The molecule has 2 aromatic rings. The molecule has 0 aliphatic carbocycles. The fourth-order valence-electron chi connectivity index (χ4n) is 2.84. The van der Waals surface area contributed by atoms with E-state index in [4.69, 9.17) is 11.6 Å². The summed E-state index contributed by atoms with van der Waals surface area (Å²) >= 11 is 7.46. The summed E-state index contributed by atoms with van der Waals surface area (Å²) < 4.78 is 0. The van der Waals surface area contributed by atoms with Crippen LogP contribution in [0.3, 0.4) is 0 Å². The van der Waals surface area contributed by atoms with E-state index in [1.54, 1.807) is 43.0 Å². The molecule has 0 unspecified atom stereocenters. The lowest BCUT2D eigenvalue weighted by atomic mass is 10.1. The zero-order valence-electron chi connectivity index (χ0n) is 15.3. The van der Waals surface area contributed by atoms with Gasteiger partial charge in [-0.25, -0.2) is 0 Å². The van der Waals surface area contributed by atoms with E-state index in [2.05, 4.69) is 10.6 Å². The van der Waals surface area contributed by atoms with Gasteiger partial charge in [-0.3, -0.25) is 14.4 Å². The summed E-state index contributed by atoms with van der Waals surface area (Å²) in [6.45, 7) is 1.93. The van der Waals surface area contributed by atoms with Gasteiger partial charge >= 0.3 is 0 Å². The Morgan fingerprint density at radius 1 is 1.18 bits per heavy atom. The third-order valence-electron chi connectivity index (χ3n) is 4.23. The molecule has 0 saturated heterocycles. The largest absolute Gasteiger partial charge is 0.354 e. The van der Waals surface area contributed by atoms with Crippen molar-refractivity contribution in [2.75, 3.05) is 23.7 Å². The van der Waals surface area contributed by atoms with Crippen molar-refractivity contribution in [3.05, 3.63) is 59.1 Å². The van der Waals surface area contributed by atoms with Crippen LogP contribution in [0.4, 0.5) is 5.69 Å². The third-order valence-corrected chi connectivity index (χ3v) is 5.50. The molecule has 3 amide bonds. The number of hydrogen-bond donors (Lipinski definition) is 2. The molecule has 8 heteroatoms. The van der Waals surface area contributed by atoms with Crippen LogP contribution in [-0.4, -0.2) is 42.6 Å². The van der Waals surface area contributed by atoms with Crippen molar-refractivity contribution in [2.24, 2.45) is 0 Å². The highest BCUT2D eigenvalue weighted by molar-refractivity contribution is 7.99. The van der Waals surface area contributed by atoms with Crippen LogP contribution < -0.4 is 15.5 Å². The van der Waals surface area contributed by atoms with E-state index >= 15 is 0 Å². The Balaban J connectivity index is 1.59. The molecule has 0 fully saturated rings. The molecule has 0 aromatic heterocycles. The van der Waals surface area contributed by atoms with Crippen LogP contribution in [0.15, 0.2) is 53.4 Å². The number of benzene rings is 2. The summed E-state index contributed by atoms with van der Waals surface area (Å²) in [5.41, 5.74) is 0.825. The van der Waals surface area contributed by atoms with Crippen molar-refractivity contribution in [3.8, 4) is 0 Å². The second-order valence-corrected chi connectivity index (χ2v) is 7.89. The van der Waals surface area contributed by atoms with Gasteiger partial charge in [0.05, 0.1) is 11.3 Å². The van der Waals surface area contributed by atoms with Gasteiger partial charge in [-0.15, -0.1) is 11.8 Å². The van der Waals surface area contributed by atoms with Crippen LogP contribution in [-0.2, 0) is 9.59 Å². The van der Waals surface area contributed by atoms with Crippen LogP contribution in [0.2, 0.25) is 5.02 Å². The highest BCUT2D eigenvalue weighted by atomic mass is 35.5. The SMILES string of the molecule is C[C@@H]1NC(=O)c2ccccc2N(CC(=O)NCCSc2ccc(Cl)cc2)C1=O. The summed E-state index contributed by atoms with van der Waals surface area (Å²) in [7, 11) is 0. The molecule has 3 rings (SSSR count). The summed E-state index contributed by atoms with van der Waals surface area (Å²) in [5, 5.41) is 6.16. The van der Waals surface area contributed by atoms with Gasteiger partial charge in [0.25, 0.3) is 5.91 Å². The number of hydrogen-bond acceptors (Lipinski definition) is 4. The average molecular weight is 418 g/mol. The van der Waals surface area contributed by atoms with Gasteiger partial charge in [0.15, 0.2) is 0 Å². The van der Waals surface area contributed by atoms with Gasteiger partial charge in [-0.2, -0.15) is 0 Å². The summed E-state index contributed by atoms with van der Waals surface area (Å²) in [4.78, 5) is 39.7. The fourth-order valence-corrected chi connectivity index (χ4v) is 3.74. The number of anilines is 1. The number of carbonyl (C=O) groups excluding carboxylic acids is 3. The molecule has 1 aliphatic heterocycles. The highest BCUT2D eigenvalue weighted by Gasteiger charge is 2.31. The van der Waals surface area contributed by atoms with E-state index in [9.17, 15) is 14.4 Å². The first-order valence-electron chi connectivity index (χ1n) is 8.82. The minimum absolute atomic E-state index is 0.138. The standard InChI is InChI=1S/C20H20ClN3O3S/c1-13-20(27)24(17-5-3-2-4-16(17)19(26)23-13)12-18(25)22-10-11-28-15-8-6-14(21)7-9-15/h2-9,13H,10-12H2,1H3,(H,22,25)(H,23,26)/t13-/m0/s1.